The lowest BCUT2D eigenvalue weighted by molar-refractivity contribution is 0.687. The minimum Gasteiger partial charge on any atom is -0.381 e. The van der Waals surface area contributed by atoms with Gasteiger partial charge in [0.1, 0.15) is 0 Å². The van der Waals surface area contributed by atoms with Gasteiger partial charge in [0, 0.05) is 24.5 Å². The van der Waals surface area contributed by atoms with E-state index in [0.29, 0.717) is 17.1 Å². The Labute approximate surface area is 117 Å². The van der Waals surface area contributed by atoms with Crippen LogP contribution in [0.3, 0.4) is 0 Å². The van der Waals surface area contributed by atoms with Crippen LogP contribution in [-0.4, -0.2) is 21.6 Å². The highest BCUT2D eigenvalue weighted by molar-refractivity contribution is 6.33. The molecule has 1 aromatic heterocycles. The molecule has 1 saturated carbocycles. The molecule has 19 heavy (non-hydrogen) atoms. The molecule has 3 rings (SSSR count). The second kappa shape index (κ2) is 5.23. The lowest BCUT2D eigenvalue weighted by Crippen LogP contribution is -2.21. The Morgan fingerprint density at radius 3 is 2.95 bits per heavy atom. The Morgan fingerprint density at radius 2 is 2.26 bits per heavy atom. The van der Waals surface area contributed by atoms with Crippen LogP contribution in [-0.2, 0) is 0 Å². The molecule has 4 nitrogen and oxygen atoms in total. The van der Waals surface area contributed by atoms with E-state index in [1.165, 1.54) is 0 Å². The fourth-order valence-electron chi connectivity index (χ4n) is 2.65. The van der Waals surface area contributed by atoms with Crippen molar-refractivity contribution in [1.29, 1.82) is 0 Å². The summed E-state index contributed by atoms with van der Waals surface area (Å²) in [6, 6.07) is 6.64. The highest BCUT2D eigenvalue weighted by Crippen LogP contribution is 2.31. The largest absolute Gasteiger partial charge is 0.381 e. The van der Waals surface area contributed by atoms with Crippen molar-refractivity contribution in [3.05, 3.63) is 41.9 Å². The molecule has 0 aliphatic heterocycles. The van der Waals surface area contributed by atoms with E-state index < -0.39 is 0 Å². The zero-order chi connectivity index (χ0) is 13.2. The van der Waals surface area contributed by atoms with Crippen LogP contribution < -0.4 is 11.1 Å². The van der Waals surface area contributed by atoms with Gasteiger partial charge in [-0.15, -0.1) is 0 Å². The van der Waals surface area contributed by atoms with E-state index >= 15 is 0 Å². The van der Waals surface area contributed by atoms with Gasteiger partial charge >= 0.3 is 0 Å². The quantitative estimate of drug-likeness (QED) is 0.906. The molecule has 5 heteroatoms. The number of hydrogen-bond donors (Lipinski definition) is 2. The van der Waals surface area contributed by atoms with Crippen molar-refractivity contribution in [1.82, 2.24) is 9.55 Å². The van der Waals surface area contributed by atoms with Gasteiger partial charge in [-0.1, -0.05) is 17.7 Å². The Bertz CT molecular complexity index is 553. The zero-order valence-corrected chi connectivity index (χ0v) is 11.3. The van der Waals surface area contributed by atoms with Crippen molar-refractivity contribution >= 4 is 17.3 Å². The van der Waals surface area contributed by atoms with E-state index in [1.54, 1.807) is 12.5 Å². The lowest BCUT2D eigenvalue weighted by Gasteiger charge is -2.18. The van der Waals surface area contributed by atoms with E-state index in [1.807, 2.05) is 29.0 Å². The molecule has 0 bridgehead atoms. The zero-order valence-electron chi connectivity index (χ0n) is 10.6. The fourth-order valence-corrected chi connectivity index (χ4v) is 2.93. The molecule has 0 saturated heterocycles. The maximum absolute atomic E-state index is 6.32. The molecule has 2 aromatic rings. The Balaban J connectivity index is 1.91. The normalized spacial score (nSPS) is 22.6. The second-order valence-electron chi connectivity index (χ2n) is 5.02. The van der Waals surface area contributed by atoms with Gasteiger partial charge in [-0.2, -0.15) is 0 Å². The van der Waals surface area contributed by atoms with Crippen molar-refractivity contribution in [3.8, 4) is 5.69 Å². The van der Waals surface area contributed by atoms with Crippen molar-refractivity contribution in [2.75, 3.05) is 5.32 Å². The topological polar surface area (TPSA) is 55.9 Å². The predicted octanol–water partition coefficient (Wildman–Crippen LogP) is 2.82. The number of benzene rings is 1. The van der Waals surface area contributed by atoms with E-state index in [-0.39, 0.29) is 0 Å². The van der Waals surface area contributed by atoms with E-state index in [9.17, 15) is 0 Å². The third-order valence-electron chi connectivity index (χ3n) is 3.58. The van der Waals surface area contributed by atoms with Crippen molar-refractivity contribution in [2.45, 2.75) is 31.3 Å². The molecule has 2 atom stereocenters. The standard InChI is InChI=1S/C14H17ClN4/c15-12-2-1-3-13(14(12)19-7-6-17-9-19)18-11-5-4-10(16)8-11/h1-3,6-7,9-11,18H,4-5,8,16H2. The van der Waals surface area contributed by atoms with Gasteiger partial charge in [0.25, 0.3) is 0 Å². The molecule has 1 heterocycles. The molecule has 0 radical (unpaired) electrons. The Morgan fingerprint density at radius 1 is 1.37 bits per heavy atom. The van der Waals surface area contributed by atoms with E-state index in [4.69, 9.17) is 17.3 Å². The first-order valence-corrected chi connectivity index (χ1v) is 6.91. The molecule has 0 spiro atoms. The van der Waals surface area contributed by atoms with Gasteiger partial charge in [0.2, 0.25) is 0 Å². The third kappa shape index (κ3) is 2.60. The number of hydrogen-bond acceptors (Lipinski definition) is 3. The SMILES string of the molecule is NC1CCC(Nc2cccc(Cl)c2-n2ccnc2)C1. The number of aromatic nitrogens is 2. The Kier molecular flexibility index (Phi) is 3.44. The third-order valence-corrected chi connectivity index (χ3v) is 3.89. The van der Waals surface area contributed by atoms with Gasteiger partial charge in [-0.3, -0.25) is 0 Å². The van der Waals surface area contributed by atoms with E-state index in [2.05, 4.69) is 10.3 Å². The highest BCUT2D eigenvalue weighted by atomic mass is 35.5. The van der Waals surface area contributed by atoms with Crippen LogP contribution in [0.15, 0.2) is 36.9 Å². The summed E-state index contributed by atoms with van der Waals surface area (Å²) in [5, 5.41) is 4.27. The van der Waals surface area contributed by atoms with Gasteiger partial charge in [-0.05, 0) is 31.4 Å². The minimum atomic E-state index is 0.313. The lowest BCUT2D eigenvalue weighted by atomic mass is 10.2. The first-order valence-electron chi connectivity index (χ1n) is 6.53. The summed E-state index contributed by atoms with van der Waals surface area (Å²) in [4.78, 5) is 4.08. The number of nitrogens with zero attached hydrogens (tertiary/aromatic N) is 2. The summed E-state index contributed by atoms with van der Waals surface area (Å²) in [6.07, 6.45) is 8.60. The number of nitrogens with one attached hydrogen (secondary N) is 1. The van der Waals surface area contributed by atoms with Crippen LogP contribution >= 0.6 is 11.6 Å². The summed E-state index contributed by atoms with van der Waals surface area (Å²) < 4.78 is 1.93. The monoisotopic (exact) mass is 276 g/mol. The van der Waals surface area contributed by atoms with Gasteiger partial charge < -0.3 is 15.6 Å². The molecule has 1 aliphatic rings. The van der Waals surface area contributed by atoms with Gasteiger partial charge in [0.05, 0.1) is 22.7 Å². The average Bonchev–Trinajstić information content (AvgIpc) is 3.01. The Hall–Kier alpha value is -1.52. The number of imidazole rings is 1. The molecule has 3 N–H and O–H groups in total. The van der Waals surface area contributed by atoms with Crippen LogP contribution in [0, 0.1) is 0 Å². The first kappa shape index (κ1) is 12.5. The van der Waals surface area contributed by atoms with Gasteiger partial charge in [0.15, 0.2) is 0 Å². The molecular formula is C14H17ClN4. The molecule has 1 fully saturated rings. The van der Waals surface area contributed by atoms with Crippen molar-refractivity contribution < 1.29 is 0 Å². The van der Waals surface area contributed by atoms with Crippen molar-refractivity contribution in [3.63, 3.8) is 0 Å². The highest BCUT2D eigenvalue weighted by Gasteiger charge is 2.22. The maximum atomic E-state index is 6.32. The van der Waals surface area contributed by atoms with Crippen LogP contribution in [0.5, 0.6) is 0 Å². The van der Waals surface area contributed by atoms with Gasteiger partial charge in [-0.25, -0.2) is 4.98 Å². The molecule has 1 aliphatic carbocycles. The summed E-state index contributed by atoms with van der Waals surface area (Å²) in [6.45, 7) is 0. The average molecular weight is 277 g/mol. The number of para-hydroxylation sites is 1. The van der Waals surface area contributed by atoms with Crippen molar-refractivity contribution in [2.24, 2.45) is 5.73 Å². The summed E-state index contributed by atoms with van der Waals surface area (Å²) in [5.74, 6) is 0. The molecule has 1 aromatic carbocycles. The number of halogens is 1. The second-order valence-corrected chi connectivity index (χ2v) is 5.43. The van der Waals surface area contributed by atoms with Crippen LogP contribution in [0.25, 0.3) is 5.69 Å². The summed E-state index contributed by atoms with van der Waals surface area (Å²) in [7, 11) is 0. The maximum Gasteiger partial charge on any atom is 0.0992 e. The number of anilines is 1. The predicted molar refractivity (Wildman–Crippen MR) is 77.8 cm³/mol. The summed E-state index contributed by atoms with van der Waals surface area (Å²) in [5.41, 5.74) is 7.94. The van der Waals surface area contributed by atoms with Crippen LogP contribution in [0.1, 0.15) is 19.3 Å². The molecule has 100 valence electrons. The fraction of sp³-hybridized carbons (Fsp3) is 0.357. The van der Waals surface area contributed by atoms with E-state index in [0.717, 1.165) is 30.6 Å². The first-order chi connectivity index (χ1) is 9.24. The number of rotatable bonds is 3. The van der Waals surface area contributed by atoms with Crippen LogP contribution in [0.4, 0.5) is 5.69 Å². The molecule has 2 unspecified atom stereocenters. The van der Waals surface area contributed by atoms with Crippen LogP contribution in [0.2, 0.25) is 5.02 Å². The molecular weight excluding hydrogens is 260 g/mol. The molecule has 0 amide bonds. The summed E-state index contributed by atoms with van der Waals surface area (Å²) >= 11 is 6.32. The number of nitrogens with two attached hydrogens (primary N) is 1. The smallest absolute Gasteiger partial charge is 0.0992 e. The minimum absolute atomic E-state index is 0.313.